The molecule has 3 N–H and O–H groups in total. The molecule has 0 bridgehead atoms. The van der Waals surface area contributed by atoms with Gasteiger partial charge in [-0.05, 0) is 19.1 Å². The molecular weight excluding hydrogens is 394 g/mol. The standard InChI is InChI=1S/C19H24ClN5O3.CH4/c1-13-17(18(21)25(23-13)11-10-24-8-6-22-7-9-24)19(27)28-12-16(26)14-4-2-3-5-15(14)20;/h2-5,22H,6-12,21H2,1H3;1H4. The van der Waals surface area contributed by atoms with Gasteiger partial charge in [-0.3, -0.25) is 9.69 Å². The Labute approximate surface area is 175 Å². The van der Waals surface area contributed by atoms with E-state index in [4.69, 9.17) is 22.1 Å². The van der Waals surface area contributed by atoms with Gasteiger partial charge in [0.2, 0.25) is 5.78 Å². The second-order valence-corrected chi connectivity index (χ2v) is 7.05. The maximum Gasteiger partial charge on any atom is 0.344 e. The number of esters is 1. The molecule has 1 fully saturated rings. The fourth-order valence-corrected chi connectivity index (χ4v) is 3.40. The summed E-state index contributed by atoms with van der Waals surface area (Å²) in [6, 6.07) is 6.63. The highest BCUT2D eigenvalue weighted by Crippen LogP contribution is 2.19. The second-order valence-electron chi connectivity index (χ2n) is 6.64. The molecule has 0 radical (unpaired) electrons. The number of hydrogen-bond acceptors (Lipinski definition) is 7. The molecule has 29 heavy (non-hydrogen) atoms. The molecule has 0 unspecified atom stereocenters. The summed E-state index contributed by atoms with van der Waals surface area (Å²) in [6.07, 6.45) is 0. The highest BCUT2D eigenvalue weighted by Gasteiger charge is 2.23. The maximum atomic E-state index is 12.5. The summed E-state index contributed by atoms with van der Waals surface area (Å²) in [5.41, 5.74) is 7.12. The molecule has 0 saturated carbocycles. The van der Waals surface area contributed by atoms with Crippen LogP contribution in [-0.4, -0.2) is 65.8 Å². The van der Waals surface area contributed by atoms with Crippen LogP contribution in [0.25, 0.3) is 0 Å². The molecule has 0 amide bonds. The number of anilines is 1. The fraction of sp³-hybridized carbons (Fsp3) is 0.450. The number of ketones is 1. The molecule has 9 heteroatoms. The molecule has 158 valence electrons. The zero-order valence-corrected chi connectivity index (χ0v) is 16.5. The number of Topliss-reactive ketones (excluding diaryl/α,β-unsaturated/α-hetero) is 1. The van der Waals surface area contributed by atoms with Crippen molar-refractivity contribution in [3.63, 3.8) is 0 Å². The van der Waals surface area contributed by atoms with Crippen LogP contribution in [0.4, 0.5) is 5.82 Å². The predicted molar refractivity (Wildman–Crippen MR) is 113 cm³/mol. The Morgan fingerprint density at radius 2 is 1.93 bits per heavy atom. The van der Waals surface area contributed by atoms with Gasteiger partial charge in [0.1, 0.15) is 11.4 Å². The summed E-state index contributed by atoms with van der Waals surface area (Å²) in [4.78, 5) is 27.0. The molecule has 0 aliphatic carbocycles. The van der Waals surface area contributed by atoms with Gasteiger partial charge in [-0.2, -0.15) is 5.10 Å². The van der Waals surface area contributed by atoms with E-state index < -0.39 is 12.6 Å². The Bertz CT molecular complexity index is 862. The molecule has 2 aromatic rings. The van der Waals surface area contributed by atoms with Gasteiger partial charge in [0, 0.05) is 38.3 Å². The Hall–Kier alpha value is -2.42. The SMILES string of the molecule is C.Cc1nn(CCN2CCNCC2)c(N)c1C(=O)OCC(=O)c1ccccc1Cl. The van der Waals surface area contributed by atoms with Gasteiger partial charge in [0.15, 0.2) is 6.61 Å². The van der Waals surface area contributed by atoms with E-state index in [1.54, 1.807) is 35.9 Å². The average molecular weight is 422 g/mol. The molecule has 1 saturated heterocycles. The quantitative estimate of drug-likeness (QED) is 0.520. The van der Waals surface area contributed by atoms with Crippen LogP contribution in [0, 0.1) is 6.92 Å². The fourth-order valence-electron chi connectivity index (χ4n) is 3.16. The van der Waals surface area contributed by atoms with Crippen LogP contribution in [0.2, 0.25) is 5.02 Å². The first-order chi connectivity index (χ1) is 13.5. The Kier molecular flexibility index (Phi) is 8.19. The van der Waals surface area contributed by atoms with Crippen LogP contribution in [0.5, 0.6) is 0 Å². The van der Waals surface area contributed by atoms with Crippen LogP contribution >= 0.6 is 11.6 Å². The van der Waals surface area contributed by atoms with Gasteiger partial charge in [-0.15, -0.1) is 0 Å². The van der Waals surface area contributed by atoms with Gasteiger partial charge >= 0.3 is 5.97 Å². The minimum atomic E-state index is -0.663. The molecular formula is C20H28ClN5O3. The van der Waals surface area contributed by atoms with Crippen LogP contribution in [0.1, 0.15) is 33.8 Å². The maximum absolute atomic E-state index is 12.5. The molecule has 1 aliphatic rings. The van der Waals surface area contributed by atoms with Gasteiger partial charge in [-0.25, -0.2) is 9.48 Å². The zero-order valence-electron chi connectivity index (χ0n) is 15.8. The van der Waals surface area contributed by atoms with Crippen molar-refractivity contribution in [2.24, 2.45) is 0 Å². The number of carbonyl (C=O) groups excluding carboxylic acids is 2. The van der Waals surface area contributed by atoms with Crippen LogP contribution in [0.15, 0.2) is 24.3 Å². The lowest BCUT2D eigenvalue weighted by atomic mass is 10.1. The van der Waals surface area contributed by atoms with Crippen LogP contribution in [0.3, 0.4) is 0 Å². The van der Waals surface area contributed by atoms with Crippen molar-refractivity contribution in [2.45, 2.75) is 20.9 Å². The highest BCUT2D eigenvalue weighted by atomic mass is 35.5. The number of nitrogens with one attached hydrogen (secondary N) is 1. The average Bonchev–Trinajstić information content (AvgIpc) is 2.98. The van der Waals surface area contributed by atoms with Gasteiger partial charge in [0.25, 0.3) is 0 Å². The first-order valence-electron chi connectivity index (χ1n) is 9.18. The summed E-state index contributed by atoms with van der Waals surface area (Å²) < 4.78 is 6.78. The van der Waals surface area contributed by atoms with Crippen molar-refractivity contribution in [1.82, 2.24) is 20.0 Å². The van der Waals surface area contributed by atoms with E-state index in [1.165, 1.54) is 0 Å². The number of ether oxygens (including phenoxy) is 1. The summed E-state index contributed by atoms with van der Waals surface area (Å²) in [5, 5.41) is 7.98. The monoisotopic (exact) mass is 421 g/mol. The molecule has 3 rings (SSSR count). The number of hydrogen-bond donors (Lipinski definition) is 2. The molecule has 0 spiro atoms. The Morgan fingerprint density at radius 1 is 1.24 bits per heavy atom. The van der Waals surface area contributed by atoms with E-state index in [0.29, 0.717) is 22.8 Å². The molecule has 8 nitrogen and oxygen atoms in total. The minimum Gasteiger partial charge on any atom is -0.454 e. The van der Waals surface area contributed by atoms with E-state index in [-0.39, 0.29) is 24.6 Å². The number of nitrogens with two attached hydrogens (primary N) is 1. The number of halogens is 1. The number of benzene rings is 1. The Balaban J connectivity index is 0.00000300. The largest absolute Gasteiger partial charge is 0.454 e. The first-order valence-corrected chi connectivity index (χ1v) is 9.56. The first kappa shape index (κ1) is 22.9. The summed E-state index contributed by atoms with van der Waals surface area (Å²) in [6.45, 7) is 6.54. The van der Waals surface area contributed by atoms with Gasteiger partial charge in [-0.1, -0.05) is 31.2 Å². The molecule has 1 aliphatic heterocycles. The lowest BCUT2D eigenvalue weighted by molar-refractivity contribution is 0.0475. The number of carbonyl (C=O) groups is 2. The van der Waals surface area contributed by atoms with Crippen LogP contribution in [-0.2, 0) is 11.3 Å². The van der Waals surface area contributed by atoms with Crippen molar-refractivity contribution < 1.29 is 14.3 Å². The van der Waals surface area contributed by atoms with Crippen molar-refractivity contribution in [3.8, 4) is 0 Å². The smallest absolute Gasteiger partial charge is 0.344 e. The molecule has 1 aromatic heterocycles. The van der Waals surface area contributed by atoms with E-state index in [9.17, 15) is 9.59 Å². The number of piperazine rings is 1. The van der Waals surface area contributed by atoms with E-state index in [1.807, 2.05) is 0 Å². The topological polar surface area (TPSA) is 102 Å². The van der Waals surface area contributed by atoms with E-state index in [0.717, 1.165) is 32.7 Å². The number of nitrogens with zero attached hydrogens (tertiary/aromatic N) is 3. The van der Waals surface area contributed by atoms with E-state index in [2.05, 4.69) is 15.3 Å². The van der Waals surface area contributed by atoms with Crippen LogP contribution < -0.4 is 11.1 Å². The highest BCUT2D eigenvalue weighted by molar-refractivity contribution is 6.34. The molecule has 2 heterocycles. The predicted octanol–water partition coefficient (Wildman–Crippen LogP) is 2.01. The lowest BCUT2D eigenvalue weighted by Gasteiger charge is -2.27. The van der Waals surface area contributed by atoms with Crippen molar-refractivity contribution in [1.29, 1.82) is 0 Å². The van der Waals surface area contributed by atoms with E-state index >= 15 is 0 Å². The third-order valence-corrected chi connectivity index (χ3v) is 5.05. The summed E-state index contributed by atoms with van der Waals surface area (Å²) >= 11 is 6.00. The zero-order chi connectivity index (χ0) is 20.1. The second kappa shape index (κ2) is 10.4. The Morgan fingerprint density at radius 3 is 2.62 bits per heavy atom. The summed E-state index contributed by atoms with van der Waals surface area (Å²) in [7, 11) is 0. The van der Waals surface area contributed by atoms with Crippen molar-refractivity contribution >= 4 is 29.2 Å². The molecule has 0 atom stereocenters. The van der Waals surface area contributed by atoms with Gasteiger partial charge < -0.3 is 15.8 Å². The number of aromatic nitrogens is 2. The minimum absolute atomic E-state index is 0. The van der Waals surface area contributed by atoms with Crippen molar-refractivity contribution in [3.05, 3.63) is 46.1 Å². The van der Waals surface area contributed by atoms with Crippen molar-refractivity contribution in [2.75, 3.05) is 45.1 Å². The molecule has 1 aromatic carbocycles. The normalized spacial score (nSPS) is 14.3. The number of nitrogen functional groups attached to an aromatic ring is 1. The number of aryl methyl sites for hydroxylation is 1. The lowest BCUT2D eigenvalue weighted by Crippen LogP contribution is -2.44. The van der Waals surface area contributed by atoms with Gasteiger partial charge in [0.05, 0.1) is 17.3 Å². The third-order valence-electron chi connectivity index (χ3n) is 4.72. The number of rotatable bonds is 7. The third kappa shape index (κ3) is 5.56. The summed E-state index contributed by atoms with van der Waals surface area (Å²) in [5.74, 6) is -0.784.